The summed E-state index contributed by atoms with van der Waals surface area (Å²) in [7, 11) is 0. The Kier molecular flexibility index (Phi) is 5.37. The number of hydrogen-bond acceptors (Lipinski definition) is 2. The molecule has 2 unspecified atom stereocenters. The third-order valence-electron chi connectivity index (χ3n) is 2.73. The third kappa shape index (κ3) is 5.74. The van der Waals surface area contributed by atoms with Crippen molar-refractivity contribution in [3.63, 3.8) is 0 Å². The lowest BCUT2D eigenvalue weighted by molar-refractivity contribution is -0.00190. The fraction of sp³-hybridized carbons (Fsp3) is 1.00. The maximum Gasteiger partial charge on any atom is 0.0599 e. The highest BCUT2D eigenvalue weighted by Gasteiger charge is 2.22. The van der Waals surface area contributed by atoms with Crippen LogP contribution >= 0.6 is 11.6 Å². The van der Waals surface area contributed by atoms with Gasteiger partial charge in [-0.1, -0.05) is 12.8 Å². The Balaban J connectivity index is 2.08. The first-order valence-electron chi connectivity index (χ1n) is 6.00. The zero-order chi connectivity index (χ0) is 11.3. The van der Waals surface area contributed by atoms with Crippen LogP contribution in [0.25, 0.3) is 0 Å². The monoisotopic (exact) mass is 233 g/mol. The quantitative estimate of drug-likeness (QED) is 0.596. The molecule has 1 saturated carbocycles. The highest BCUT2D eigenvalue weighted by Crippen LogP contribution is 2.22. The topological polar surface area (TPSA) is 21.3 Å². The number of hydrogen-bond donors (Lipinski definition) is 1. The molecule has 0 saturated heterocycles. The first-order chi connectivity index (χ1) is 6.99. The van der Waals surface area contributed by atoms with E-state index in [1.54, 1.807) is 0 Å². The fourth-order valence-corrected chi connectivity index (χ4v) is 2.29. The summed E-state index contributed by atoms with van der Waals surface area (Å²) in [5, 5.41) is 3.80. The van der Waals surface area contributed by atoms with Crippen molar-refractivity contribution in [2.24, 2.45) is 0 Å². The normalized spacial score (nSPS) is 28.0. The molecule has 1 N–H and O–H groups in total. The molecule has 0 bridgehead atoms. The SMILES string of the molecule is CC(C)(C)OCCNC1CCCCC1Cl. The van der Waals surface area contributed by atoms with Crippen molar-refractivity contribution in [2.75, 3.05) is 13.2 Å². The van der Waals surface area contributed by atoms with Crippen LogP contribution in [-0.4, -0.2) is 30.2 Å². The summed E-state index contributed by atoms with van der Waals surface area (Å²) in [6.45, 7) is 7.92. The van der Waals surface area contributed by atoms with E-state index >= 15 is 0 Å². The molecule has 1 fully saturated rings. The molecule has 3 heteroatoms. The summed E-state index contributed by atoms with van der Waals surface area (Å²) in [6, 6.07) is 0.490. The number of rotatable bonds is 4. The van der Waals surface area contributed by atoms with Gasteiger partial charge in [0, 0.05) is 18.0 Å². The molecule has 2 atom stereocenters. The van der Waals surface area contributed by atoms with Gasteiger partial charge >= 0.3 is 0 Å². The Morgan fingerprint density at radius 3 is 2.53 bits per heavy atom. The Morgan fingerprint density at radius 1 is 1.27 bits per heavy atom. The van der Waals surface area contributed by atoms with Crippen molar-refractivity contribution in [3.8, 4) is 0 Å². The van der Waals surface area contributed by atoms with Gasteiger partial charge in [-0.2, -0.15) is 0 Å². The zero-order valence-electron chi connectivity index (χ0n) is 10.2. The average Bonchev–Trinajstić information content (AvgIpc) is 2.13. The van der Waals surface area contributed by atoms with Gasteiger partial charge < -0.3 is 10.1 Å². The molecule has 1 aliphatic rings. The fourth-order valence-electron chi connectivity index (χ4n) is 1.92. The summed E-state index contributed by atoms with van der Waals surface area (Å²) < 4.78 is 5.65. The van der Waals surface area contributed by atoms with E-state index in [0.717, 1.165) is 19.6 Å². The predicted octanol–water partition coefficient (Wildman–Crippen LogP) is 2.94. The molecule has 0 aromatic rings. The Morgan fingerprint density at radius 2 is 1.93 bits per heavy atom. The summed E-state index contributed by atoms with van der Waals surface area (Å²) in [5.74, 6) is 0. The lowest BCUT2D eigenvalue weighted by atomic mass is 9.95. The molecule has 0 heterocycles. The van der Waals surface area contributed by atoms with Crippen LogP contribution in [0.15, 0.2) is 0 Å². The van der Waals surface area contributed by atoms with Crippen molar-refractivity contribution in [3.05, 3.63) is 0 Å². The molecule has 1 aliphatic carbocycles. The van der Waals surface area contributed by atoms with E-state index in [-0.39, 0.29) is 5.60 Å². The van der Waals surface area contributed by atoms with Gasteiger partial charge in [0.2, 0.25) is 0 Å². The largest absolute Gasteiger partial charge is 0.375 e. The number of halogens is 1. The van der Waals surface area contributed by atoms with Gasteiger partial charge in [-0.3, -0.25) is 0 Å². The number of nitrogens with one attached hydrogen (secondary N) is 1. The minimum atomic E-state index is -0.0331. The Labute approximate surface area is 98.7 Å². The van der Waals surface area contributed by atoms with Crippen LogP contribution < -0.4 is 5.32 Å². The molecular formula is C12H24ClNO. The van der Waals surface area contributed by atoms with Crippen LogP contribution in [0.2, 0.25) is 0 Å². The molecule has 0 amide bonds. The van der Waals surface area contributed by atoms with E-state index < -0.39 is 0 Å². The molecule has 0 spiro atoms. The first kappa shape index (κ1) is 13.3. The van der Waals surface area contributed by atoms with Crippen molar-refractivity contribution in [1.82, 2.24) is 5.32 Å². The first-order valence-corrected chi connectivity index (χ1v) is 6.44. The second-order valence-electron chi connectivity index (χ2n) is 5.32. The molecular weight excluding hydrogens is 210 g/mol. The third-order valence-corrected chi connectivity index (χ3v) is 3.25. The molecule has 0 aromatic heterocycles. The summed E-state index contributed by atoms with van der Waals surface area (Å²) in [4.78, 5) is 0. The van der Waals surface area contributed by atoms with E-state index in [1.165, 1.54) is 19.3 Å². The van der Waals surface area contributed by atoms with Gasteiger partial charge in [0.15, 0.2) is 0 Å². The van der Waals surface area contributed by atoms with Crippen molar-refractivity contribution < 1.29 is 4.74 Å². The van der Waals surface area contributed by atoms with Gasteiger partial charge in [0.05, 0.1) is 12.2 Å². The highest BCUT2D eigenvalue weighted by atomic mass is 35.5. The Bertz CT molecular complexity index is 179. The summed E-state index contributed by atoms with van der Waals surface area (Å²) in [6.07, 6.45) is 4.95. The minimum absolute atomic E-state index is 0.0331. The van der Waals surface area contributed by atoms with Crippen LogP contribution in [0.1, 0.15) is 46.5 Å². The smallest absolute Gasteiger partial charge is 0.0599 e. The van der Waals surface area contributed by atoms with E-state index in [9.17, 15) is 0 Å². The van der Waals surface area contributed by atoms with Gasteiger partial charge in [-0.25, -0.2) is 0 Å². The summed E-state index contributed by atoms with van der Waals surface area (Å²) in [5.41, 5.74) is -0.0331. The second kappa shape index (κ2) is 6.07. The maximum absolute atomic E-state index is 6.25. The standard InChI is InChI=1S/C12H24ClNO/c1-12(2,3)15-9-8-14-11-7-5-4-6-10(11)13/h10-11,14H,4-9H2,1-3H3. The Hall–Kier alpha value is 0.210. The maximum atomic E-state index is 6.25. The van der Waals surface area contributed by atoms with E-state index in [1.807, 2.05) is 0 Å². The molecule has 0 aliphatic heterocycles. The van der Waals surface area contributed by atoms with Crippen LogP contribution in [0.5, 0.6) is 0 Å². The van der Waals surface area contributed by atoms with E-state index in [2.05, 4.69) is 26.1 Å². The number of alkyl halides is 1. The minimum Gasteiger partial charge on any atom is -0.375 e. The lowest BCUT2D eigenvalue weighted by Gasteiger charge is -2.28. The van der Waals surface area contributed by atoms with Gasteiger partial charge in [0.25, 0.3) is 0 Å². The molecule has 2 nitrogen and oxygen atoms in total. The van der Waals surface area contributed by atoms with Crippen LogP contribution in [-0.2, 0) is 4.74 Å². The van der Waals surface area contributed by atoms with Gasteiger partial charge in [-0.05, 0) is 33.6 Å². The van der Waals surface area contributed by atoms with Crippen LogP contribution in [0.3, 0.4) is 0 Å². The summed E-state index contributed by atoms with van der Waals surface area (Å²) >= 11 is 6.25. The van der Waals surface area contributed by atoms with E-state index in [4.69, 9.17) is 16.3 Å². The van der Waals surface area contributed by atoms with E-state index in [0.29, 0.717) is 11.4 Å². The van der Waals surface area contributed by atoms with Crippen molar-refractivity contribution >= 4 is 11.6 Å². The molecule has 1 rings (SSSR count). The van der Waals surface area contributed by atoms with Gasteiger partial charge in [-0.15, -0.1) is 11.6 Å². The second-order valence-corrected chi connectivity index (χ2v) is 5.88. The van der Waals surface area contributed by atoms with Crippen molar-refractivity contribution in [2.45, 2.75) is 63.5 Å². The number of ether oxygens (including phenoxy) is 1. The van der Waals surface area contributed by atoms with Crippen LogP contribution in [0.4, 0.5) is 0 Å². The lowest BCUT2D eigenvalue weighted by Crippen LogP contribution is -2.41. The van der Waals surface area contributed by atoms with Crippen LogP contribution in [0, 0.1) is 0 Å². The predicted molar refractivity (Wildman–Crippen MR) is 65.6 cm³/mol. The molecule has 0 aromatic carbocycles. The molecule has 0 radical (unpaired) electrons. The van der Waals surface area contributed by atoms with Gasteiger partial charge in [0.1, 0.15) is 0 Å². The highest BCUT2D eigenvalue weighted by molar-refractivity contribution is 6.21. The molecule has 90 valence electrons. The zero-order valence-corrected chi connectivity index (χ0v) is 10.9. The average molecular weight is 234 g/mol. The van der Waals surface area contributed by atoms with Crippen molar-refractivity contribution in [1.29, 1.82) is 0 Å². The molecule has 15 heavy (non-hydrogen) atoms.